The van der Waals surface area contributed by atoms with E-state index in [9.17, 15) is 14.4 Å². The number of methoxy groups -OCH3 is 1. The van der Waals surface area contributed by atoms with E-state index in [2.05, 4.69) is 16.7 Å². The lowest BCUT2D eigenvalue weighted by atomic mass is 10.1. The fourth-order valence-electron chi connectivity index (χ4n) is 3.61. The van der Waals surface area contributed by atoms with Crippen molar-refractivity contribution in [2.45, 2.75) is 78.0 Å². The minimum atomic E-state index is -0.635. The highest BCUT2D eigenvalue weighted by atomic mass is 16.6. The average molecular weight is 448 g/mol. The van der Waals surface area contributed by atoms with Gasteiger partial charge in [0.15, 0.2) is 0 Å². The molecule has 0 unspecified atom stereocenters. The maximum atomic E-state index is 13.1. The summed E-state index contributed by atoms with van der Waals surface area (Å²) in [5, 5.41) is 6.00. The molecule has 0 saturated heterocycles. The van der Waals surface area contributed by atoms with E-state index in [4.69, 9.17) is 9.47 Å². The molecule has 2 amide bonds. The summed E-state index contributed by atoms with van der Waals surface area (Å²) < 4.78 is 9.99. The summed E-state index contributed by atoms with van der Waals surface area (Å²) in [4.78, 5) is 38.4. The number of nitrogens with zero attached hydrogens (tertiary/aromatic N) is 1. The molecule has 0 fully saturated rings. The van der Waals surface area contributed by atoms with Crippen LogP contribution >= 0.6 is 0 Å². The Kier molecular flexibility index (Phi) is 9.35. The number of rotatable bonds is 9. The topological polar surface area (TPSA) is 97.0 Å². The van der Waals surface area contributed by atoms with Gasteiger partial charge in [-0.2, -0.15) is 0 Å². The van der Waals surface area contributed by atoms with Gasteiger partial charge in [-0.25, -0.2) is 4.79 Å². The van der Waals surface area contributed by atoms with Crippen LogP contribution < -0.4 is 10.6 Å². The molecule has 1 heterocycles. The molecular weight excluding hydrogens is 410 g/mol. The number of hydrogen-bond donors (Lipinski definition) is 2. The predicted molar refractivity (Wildman–Crippen MR) is 123 cm³/mol. The molecule has 0 saturated carbocycles. The van der Waals surface area contributed by atoms with Crippen molar-refractivity contribution in [1.29, 1.82) is 0 Å². The molecule has 8 nitrogen and oxygen atoms in total. The van der Waals surface area contributed by atoms with Crippen LogP contribution in [0.2, 0.25) is 0 Å². The highest BCUT2D eigenvalue weighted by Crippen LogP contribution is 2.25. The maximum absolute atomic E-state index is 13.1. The first-order valence-electron chi connectivity index (χ1n) is 11.3. The summed E-state index contributed by atoms with van der Waals surface area (Å²) in [6, 6.07) is 5.39. The van der Waals surface area contributed by atoms with Crippen molar-refractivity contribution in [2.24, 2.45) is 0 Å². The molecule has 0 radical (unpaired) electrons. The Bertz CT molecular complexity index is 803. The molecule has 1 atom stereocenters. The highest BCUT2D eigenvalue weighted by molar-refractivity contribution is 5.90. The molecule has 8 heteroatoms. The third-order valence-corrected chi connectivity index (χ3v) is 5.18. The van der Waals surface area contributed by atoms with Gasteiger partial charge >= 0.3 is 12.1 Å². The third kappa shape index (κ3) is 8.40. The lowest BCUT2D eigenvalue weighted by Gasteiger charge is -2.24. The van der Waals surface area contributed by atoms with Crippen LogP contribution in [0, 0.1) is 6.92 Å². The molecule has 0 aromatic heterocycles. The highest BCUT2D eigenvalue weighted by Gasteiger charge is 2.30. The second-order valence-corrected chi connectivity index (χ2v) is 9.24. The molecule has 1 aliphatic rings. The first-order chi connectivity index (χ1) is 15.1. The van der Waals surface area contributed by atoms with Gasteiger partial charge in [0.1, 0.15) is 11.6 Å². The number of esters is 1. The largest absolute Gasteiger partial charge is 0.469 e. The van der Waals surface area contributed by atoms with Crippen molar-refractivity contribution >= 4 is 23.7 Å². The second kappa shape index (κ2) is 11.7. The van der Waals surface area contributed by atoms with Crippen molar-refractivity contribution in [3.63, 3.8) is 0 Å². The van der Waals surface area contributed by atoms with Gasteiger partial charge in [0.25, 0.3) is 0 Å². The van der Waals surface area contributed by atoms with Crippen LogP contribution in [-0.4, -0.2) is 54.7 Å². The van der Waals surface area contributed by atoms with Crippen LogP contribution in [0.25, 0.3) is 0 Å². The van der Waals surface area contributed by atoms with Crippen LogP contribution in [0.1, 0.15) is 64.0 Å². The van der Waals surface area contributed by atoms with Gasteiger partial charge in [0.2, 0.25) is 5.91 Å². The van der Waals surface area contributed by atoms with E-state index in [1.54, 1.807) is 0 Å². The smallest absolute Gasteiger partial charge is 0.407 e. The molecule has 0 aliphatic carbocycles. The van der Waals surface area contributed by atoms with Crippen LogP contribution in [-0.2, 0) is 25.6 Å². The van der Waals surface area contributed by atoms with Gasteiger partial charge in [-0.1, -0.05) is 30.5 Å². The predicted octanol–water partition coefficient (Wildman–Crippen LogP) is 3.77. The van der Waals surface area contributed by atoms with Crippen molar-refractivity contribution in [1.82, 2.24) is 10.2 Å². The number of carbonyl (C=O) groups excluding carboxylic acids is 3. The Balaban J connectivity index is 1.84. The van der Waals surface area contributed by atoms with Crippen LogP contribution in [0.5, 0.6) is 0 Å². The number of hydrogen-bond acceptors (Lipinski definition) is 6. The van der Waals surface area contributed by atoms with Gasteiger partial charge in [-0.15, -0.1) is 0 Å². The van der Waals surface area contributed by atoms with Gasteiger partial charge in [0.05, 0.1) is 13.5 Å². The van der Waals surface area contributed by atoms with E-state index >= 15 is 0 Å². The summed E-state index contributed by atoms with van der Waals surface area (Å²) in [7, 11) is 1.33. The number of nitrogens with one attached hydrogen (secondary N) is 2. The molecule has 2 N–H and O–H groups in total. The molecule has 1 aromatic carbocycles. The minimum Gasteiger partial charge on any atom is -0.469 e. The molecule has 178 valence electrons. The quantitative estimate of drug-likeness (QED) is 0.442. The first kappa shape index (κ1) is 25.5. The SMILES string of the molecule is COC(=O)C[C@H]1Nc2ccc(C)cc2CN(CCCCCCNC(=O)OC(C)(C)C)C1=O. The molecule has 2 rings (SSSR count). The number of alkyl carbamates (subject to hydrolysis) is 1. The van der Waals surface area contributed by atoms with E-state index in [1.807, 2.05) is 44.7 Å². The number of anilines is 1. The molecule has 1 aliphatic heterocycles. The zero-order valence-corrected chi connectivity index (χ0v) is 20.0. The Labute approximate surface area is 191 Å². The lowest BCUT2D eigenvalue weighted by Crippen LogP contribution is -2.42. The van der Waals surface area contributed by atoms with E-state index in [1.165, 1.54) is 7.11 Å². The third-order valence-electron chi connectivity index (χ3n) is 5.18. The number of amides is 2. The van der Waals surface area contributed by atoms with Crippen LogP contribution in [0.3, 0.4) is 0 Å². The van der Waals surface area contributed by atoms with Crippen molar-refractivity contribution in [3.8, 4) is 0 Å². The van der Waals surface area contributed by atoms with Gasteiger partial charge in [0, 0.05) is 25.3 Å². The number of unbranched alkanes of at least 4 members (excludes halogenated alkanes) is 3. The molecular formula is C24H37N3O5. The zero-order valence-electron chi connectivity index (χ0n) is 20.0. The summed E-state index contributed by atoms with van der Waals surface area (Å²) in [5.41, 5.74) is 2.56. The second-order valence-electron chi connectivity index (χ2n) is 9.24. The average Bonchev–Trinajstić information content (AvgIpc) is 2.82. The monoisotopic (exact) mass is 447 g/mol. The fourth-order valence-corrected chi connectivity index (χ4v) is 3.61. The first-order valence-corrected chi connectivity index (χ1v) is 11.3. The molecule has 0 spiro atoms. The Morgan fingerprint density at radius 1 is 1.19 bits per heavy atom. The minimum absolute atomic E-state index is 0.00448. The normalized spacial score (nSPS) is 16.0. The summed E-state index contributed by atoms with van der Waals surface area (Å²) >= 11 is 0. The van der Waals surface area contributed by atoms with Gasteiger partial charge in [-0.3, -0.25) is 9.59 Å². The summed E-state index contributed by atoms with van der Waals surface area (Å²) in [6.07, 6.45) is 3.18. The Morgan fingerprint density at radius 2 is 1.91 bits per heavy atom. The van der Waals surface area contributed by atoms with Crippen molar-refractivity contribution in [3.05, 3.63) is 29.3 Å². The van der Waals surface area contributed by atoms with E-state index in [0.717, 1.165) is 42.5 Å². The zero-order chi connectivity index (χ0) is 23.7. The number of benzene rings is 1. The maximum Gasteiger partial charge on any atom is 0.407 e. The number of fused-ring (bicyclic) bond motifs is 1. The van der Waals surface area contributed by atoms with E-state index < -0.39 is 23.7 Å². The van der Waals surface area contributed by atoms with Gasteiger partial charge in [-0.05, 0) is 52.2 Å². The van der Waals surface area contributed by atoms with E-state index in [-0.39, 0.29) is 12.3 Å². The summed E-state index contributed by atoms with van der Waals surface area (Å²) in [5.74, 6) is -0.500. The van der Waals surface area contributed by atoms with E-state index in [0.29, 0.717) is 19.6 Å². The van der Waals surface area contributed by atoms with Gasteiger partial charge < -0.3 is 25.0 Å². The van der Waals surface area contributed by atoms with Crippen molar-refractivity contribution < 1.29 is 23.9 Å². The fraction of sp³-hybridized carbons (Fsp3) is 0.625. The standard InChI is InChI=1S/C24H37N3O5/c1-17-10-11-19-18(14-17)16-27(22(29)20(26-19)15-21(28)31-5)13-9-7-6-8-12-25-23(30)32-24(2,3)4/h10-11,14,20,26H,6-9,12-13,15-16H2,1-5H3,(H,25,30)/t20-/m1/s1. The summed E-state index contributed by atoms with van der Waals surface area (Å²) in [6.45, 7) is 9.22. The molecule has 1 aromatic rings. The number of ether oxygens (including phenoxy) is 2. The lowest BCUT2D eigenvalue weighted by molar-refractivity contribution is -0.144. The van der Waals surface area contributed by atoms with Crippen LogP contribution in [0.4, 0.5) is 10.5 Å². The number of aryl methyl sites for hydroxylation is 1. The molecule has 0 bridgehead atoms. The van der Waals surface area contributed by atoms with Crippen LogP contribution in [0.15, 0.2) is 18.2 Å². The molecule has 32 heavy (non-hydrogen) atoms. The number of carbonyl (C=O) groups is 3. The Morgan fingerprint density at radius 3 is 2.59 bits per heavy atom. The Hall–Kier alpha value is -2.77. The van der Waals surface area contributed by atoms with Crippen molar-refractivity contribution in [2.75, 3.05) is 25.5 Å².